The van der Waals surface area contributed by atoms with E-state index in [2.05, 4.69) is 10.6 Å². The van der Waals surface area contributed by atoms with Gasteiger partial charge in [0.05, 0.1) is 18.4 Å². The molecule has 3 aromatic rings. The number of rotatable bonds is 5. The van der Waals surface area contributed by atoms with Gasteiger partial charge in [-0.1, -0.05) is 6.07 Å². The third-order valence-electron chi connectivity index (χ3n) is 3.64. The summed E-state index contributed by atoms with van der Waals surface area (Å²) in [6.45, 7) is 0.167. The lowest BCUT2D eigenvalue weighted by atomic mass is 10.2. The van der Waals surface area contributed by atoms with Crippen LogP contribution in [0.1, 0.15) is 27.2 Å². The van der Waals surface area contributed by atoms with Crippen LogP contribution in [0.25, 0.3) is 0 Å². The molecule has 5 nitrogen and oxygen atoms in total. The summed E-state index contributed by atoms with van der Waals surface area (Å²) in [6, 6.07) is 10.6. The summed E-state index contributed by atoms with van der Waals surface area (Å²) < 4.78 is 43.2. The first-order chi connectivity index (χ1) is 12.8. The first kappa shape index (κ1) is 19.0. The lowest BCUT2D eigenvalue weighted by Crippen LogP contribution is -2.27. The molecule has 142 valence electrons. The van der Waals surface area contributed by atoms with E-state index >= 15 is 0 Å². The minimum absolute atomic E-state index is 0.0439. The highest BCUT2D eigenvalue weighted by atomic mass is 32.1. The molecule has 0 aliphatic carbocycles. The summed E-state index contributed by atoms with van der Waals surface area (Å²) in [6.07, 6.45) is -3.90. The van der Waals surface area contributed by atoms with E-state index in [4.69, 9.17) is 4.42 Å². The Bertz CT molecular complexity index is 907. The Balaban J connectivity index is 1.56. The van der Waals surface area contributed by atoms with E-state index in [1.54, 1.807) is 24.3 Å². The molecule has 0 aliphatic heterocycles. The van der Waals surface area contributed by atoms with Crippen LogP contribution < -0.4 is 10.6 Å². The topological polar surface area (TPSA) is 74.5 Å². The Morgan fingerprint density at radius 1 is 1.19 bits per heavy atom. The van der Waals surface area contributed by atoms with Crippen molar-refractivity contribution in [2.45, 2.75) is 18.8 Å². The minimum Gasteiger partial charge on any atom is -0.466 e. The Hall–Kier alpha value is -2.78. The number of hydrogen-bond donors (Lipinski definition) is 3. The maximum atomic E-state index is 12.7. The molecule has 2 heterocycles. The van der Waals surface area contributed by atoms with Crippen LogP contribution in [0.4, 0.5) is 23.7 Å². The molecule has 0 saturated carbocycles. The summed E-state index contributed by atoms with van der Waals surface area (Å²) >= 11 is 1.29. The first-order valence-corrected chi connectivity index (χ1v) is 8.67. The van der Waals surface area contributed by atoms with Crippen LogP contribution in [0.3, 0.4) is 0 Å². The summed E-state index contributed by atoms with van der Waals surface area (Å²) in [5.41, 5.74) is -0.794. The van der Waals surface area contributed by atoms with Crippen molar-refractivity contribution in [1.82, 2.24) is 5.32 Å². The van der Waals surface area contributed by atoms with Gasteiger partial charge in [0.2, 0.25) is 0 Å². The zero-order valence-corrected chi connectivity index (χ0v) is 14.6. The molecule has 2 amide bonds. The van der Waals surface area contributed by atoms with Crippen LogP contribution >= 0.6 is 11.3 Å². The van der Waals surface area contributed by atoms with Gasteiger partial charge in [-0.3, -0.25) is 0 Å². The van der Waals surface area contributed by atoms with Crippen molar-refractivity contribution in [2.75, 3.05) is 5.32 Å². The number of aliphatic hydroxyl groups excluding tert-OH is 1. The molecule has 0 unspecified atom stereocenters. The fraction of sp³-hybridized carbons (Fsp3) is 0.167. The van der Waals surface area contributed by atoms with Gasteiger partial charge in [0.1, 0.15) is 11.9 Å². The zero-order chi connectivity index (χ0) is 19.4. The highest BCUT2D eigenvalue weighted by Crippen LogP contribution is 2.31. The summed E-state index contributed by atoms with van der Waals surface area (Å²) in [5.74, 6) is 0.415. The van der Waals surface area contributed by atoms with Crippen LogP contribution in [0.15, 0.2) is 59.2 Å². The minimum atomic E-state index is -4.48. The Kier molecular flexibility index (Phi) is 5.52. The molecule has 27 heavy (non-hydrogen) atoms. The van der Waals surface area contributed by atoms with E-state index in [0.29, 0.717) is 10.6 Å². The summed E-state index contributed by atoms with van der Waals surface area (Å²) in [7, 11) is 0. The number of carbonyl (C=O) groups is 1. The number of nitrogens with one attached hydrogen (secondary N) is 2. The number of benzene rings is 1. The van der Waals surface area contributed by atoms with Crippen LogP contribution in [0, 0.1) is 0 Å². The molecule has 1 atom stereocenters. The van der Waals surface area contributed by atoms with E-state index in [1.807, 2.05) is 0 Å². The van der Waals surface area contributed by atoms with E-state index in [-0.39, 0.29) is 12.2 Å². The van der Waals surface area contributed by atoms with Crippen LogP contribution in [0.5, 0.6) is 0 Å². The SMILES string of the molecule is O=C(NCc1ccc([C@H](O)c2ccco2)s1)Nc1cccc(C(F)(F)F)c1. The molecule has 0 bridgehead atoms. The molecular formula is C18H15F3N2O3S. The van der Waals surface area contributed by atoms with Gasteiger partial charge in [0.15, 0.2) is 0 Å². The maximum absolute atomic E-state index is 12.7. The fourth-order valence-electron chi connectivity index (χ4n) is 2.34. The molecule has 9 heteroatoms. The lowest BCUT2D eigenvalue weighted by molar-refractivity contribution is -0.137. The second kappa shape index (κ2) is 7.85. The Labute approximate surface area is 156 Å². The van der Waals surface area contributed by atoms with Crippen molar-refractivity contribution >= 4 is 23.1 Å². The van der Waals surface area contributed by atoms with Crippen molar-refractivity contribution in [3.8, 4) is 0 Å². The van der Waals surface area contributed by atoms with Gasteiger partial charge in [-0.2, -0.15) is 13.2 Å². The summed E-state index contributed by atoms with van der Waals surface area (Å²) in [5, 5.41) is 15.1. The molecular weight excluding hydrogens is 381 g/mol. The van der Waals surface area contributed by atoms with E-state index < -0.39 is 23.9 Å². The van der Waals surface area contributed by atoms with Gasteiger partial charge in [-0.05, 0) is 42.5 Å². The number of carbonyl (C=O) groups excluding carboxylic acids is 1. The van der Waals surface area contributed by atoms with Crippen molar-refractivity contribution in [3.05, 3.63) is 75.9 Å². The second-order valence-corrected chi connectivity index (χ2v) is 6.81. The van der Waals surface area contributed by atoms with Crippen LogP contribution in [-0.2, 0) is 12.7 Å². The number of anilines is 1. The highest BCUT2D eigenvalue weighted by molar-refractivity contribution is 7.12. The van der Waals surface area contributed by atoms with Crippen molar-refractivity contribution in [3.63, 3.8) is 0 Å². The van der Waals surface area contributed by atoms with Crippen molar-refractivity contribution in [2.24, 2.45) is 0 Å². The van der Waals surface area contributed by atoms with E-state index in [0.717, 1.165) is 17.0 Å². The van der Waals surface area contributed by atoms with Gasteiger partial charge < -0.3 is 20.2 Å². The fourth-order valence-corrected chi connectivity index (χ4v) is 3.29. The van der Waals surface area contributed by atoms with Gasteiger partial charge in [-0.15, -0.1) is 11.3 Å². The highest BCUT2D eigenvalue weighted by Gasteiger charge is 2.30. The lowest BCUT2D eigenvalue weighted by Gasteiger charge is -2.10. The monoisotopic (exact) mass is 396 g/mol. The Morgan fingerprint density at radius 2 is 2.00 bits per heavy atom. The predicted octanol–water partition coefficient (Wildman–Crippen LogP) is 4.76. The number of amides is 2. The van der Waals surface area contributed by atoms with Crippen molar-refractivity contribution < 1.29 is 27.5 Å². The van der Waals surface area contributed by atoms with Crippen LogP contribution in [0.2, 0.25) is 0 Å². The molecule has 0 radical (unpaired) electrons. The number of halogens is 3. The summed E-state index contributed by atoms with van der Waals surface area (Å²) in [4.78, 5) is 13.3. The molecule has 3 rings (SSSR count). The molecule has 0 saturated heterocycles. The smallest absolute Gasteiger partial charge is 0.416 e. The van der Waals surface area contributed by atoms with Gasteiger partial charge >= 0.3 is 12.2 Å². The average molecular weight is 396 g/mol. The number of alkyl halides is 3. The molecule has 2 aromatic heterocycles. The van der Waals surface area contributed by atoms with Gasteiger partial charge in [0, 0.05) is 15.4 Å². The third kappa shape index (κ3) is 4.89. The zero-order valence-electron chi connectivity index (χ0n) is 13.8. The number of thiophene rings is 1. The van der Waals surface area contributed by atoms with E-state index in [9.17, 15) is 23.1 Å². The molecule has 0 fully saturated rings. The number of aliphatic hydroxyl groups is 1. The molecule has 3 N–H and O–H groups in total. The second-order valence-electron chi connectivity index (χ2n) is 5.61. The normalized spacial score (nSPS) is 12.6. The third-order valence-corrected chi connectivity index (χ3v) is 4.77. The molecule has 0 aliphatic rings. The first-order valence-electron chi connectivity index (χ1n) is 7.85. The number of urea groups is 1. The Morgan fingerprint density at radius 3 is 2.70 bits per heavy atom. The standard InChI is InChI=1S/C18H15F3N2O3S/c19-18(20,21)11-3-1-4-12(9-11)23-17(25)22-10-13-6-7-15(27-13)16(24)14-5-2-8-26-14/h1-9,16,24H,10H2,(H2,22,23,25)/t16-/m1/s1. The van der Waals surface area contributed by atoms with Gasteiger partial charge in [-0.25, -0.2) is 4.79 Å². The van der Waals surface area contributed by atoms with Gasteiger partial charge in [0.25, 0.3) is 0 Å². The molecule has 0 spiro atoms. The number of furan rings is 1. The average Bonchev–Trinajstić information content (AvgIpc) is 3.31. The van der Waals surface area contributed by atoms with E-state index in [1.165, 1.54) is 29.7 Å². The van der Waals surface area contributed by atoms with Crippen molar-refractivity contribution in [1.29, 1.82) is 0 Å². The maximum Gasteiger partial charge on any atom is 0.416 e. The quantitative estimate of drug-likeness (QED) is 0.582. The molecule has 1 aromatic carbocycles. The predicted molar refractivity (Wildman–Crippen MR) is 94.4 cm³/mol. The van der Waals surface area contributed by atoms with Crippen LogP contribution in [-0.4, -0.2) is 11.1 Å². The largest absolute Gasteiger partial charge is 0.466 e. The number of hydrogen-bond acceptors (Lipinski definition) is 4.